The fraction of sp³-hybridized carbons (Fsp3) is 0.933. The molecule has 4 heteroatoms. The molecule has 0 aromatic heterocycles. The van der Waals surface area contributed by atoms with Crippen LogP contribution in [0.25, 0.3) is 0 Å². The monoisotopic (exact) mass is 284 g/mol. The Morgan fingerprint density at radius 1 is 1.21 bits per heavy atom. The van der Waals surface area contributed by atoms with Crippen LogP contribution in [0.2, 0.25) is 0 Å². The number of nitrogens with zero attached hydrogens (tertiary/aromatic N) is 1. The number of hydrogen-bond donors (Lipinski definition) is 1. The van der Waals surface area contributed by atoms with E-state index in [0.717, 1.165) is 38.1 Å². The Labute approximate surface area is 121 Å². The van der Waals surface area contributed by atoms with Crippen LogP contribution in [0.3, 0.4) is 0 Å². The van der Waals surface area contributed by atoms with E-state index < -0.39 is 0 Å². The normalized spacial score (nSPS) is 29.2. The third-order valence-electron chi connectivity index (χ3n) is 4.29. The minimum Gasteiger partial charge on any atom is -0.326 e. The fourth-order valence-corrected chi connectivity index (χ4v) is 4.38. The second kappa shape index (κ2) is 7.53. The SMILES string of the molecule is CCCC1NC(CCC)N(CC2CCSCC2)C1=O. The molecule has 0 aliphatic carbocycles. The van der Waals surface area contributed by atoms with Gasteiger partial charge in [0, 0.05) is 6.54 Å². The Morgan fingerprint density at radius 3 is 2.53 bits per heavy atom. The first kappa shape index (κ1) is 15.2. The van der Waals surface area contributed by atoms with Gasteiger partial charge in [0.25, 0.3) is 0 Å². The molecule has 2 aliphatic heterocycles. The van der Waals surface area contributed by atoms with Gasteiger partial charge in [-0.3, -0.25) is 10.1 Å². The van der Waals surface area contributed by atoms with E-state index >= 15 is 0 Å². The lowest BCUT2D eigenvalue weighted by Crippen LogP contribution is -2.41. The molecule has 0 spiro atoms. The standard InChI is InChI=1S/C15H28N2OS/c1-3-5-13-15(18)17(14(16-13)6-4-2)11-12-7-9-19-10-8-12/h12-14,16H,3-11H2,1-2H3. The van der Waals surface area contributed by atoms with E-state index in [9.17, 15) is 4.79 Å². The molecule has 1 amide bonds. The Morgan fingerprint density at radius 2 is 1.89 bits per heavy atom. The highest BCUT2D eigenvalue weighted by molar-refractivity contribution is 7.99. The summed E-state index contributed by atoms with van der Waals surface area (Å²) in [5.74, 6) is 3.64. The molecule has 2 heterocycles. The van der Waals surface area contributed by atoms with E-state index in [4.69, 9.17) is 0 Å². The van der Waals surface area contributed by atoms with Crippen LogP contribution in [-0.4, -0.2) is 41.1 Å². The molecule has 2 fully saturated rings. The maximum absolute atomic E-state index is 12.5. The Hall–Kier alpha value is -0.220. The van der Waals surface area contributed by atoms with Gasteiger partial charge in [0.05, 0.1) is 12.2 Å². The van der Waals surface area contributed by atoms with Crippen molar-refractivity contribution in [3.8, 4) is 0 Å². The smallest absolute Gasteiger partial charge is 0.241 e. The second-order valence-corrected chi connectivity index (χ2v) is 7.08. The summed E-state index contributed by atoms with van der Waals surface area (Å²) >= 11 is 2.06. The number of rotatable bonds is 6. The van der Waals surface area contributed by atoms with E-state index in [1.807, 2.05) is 0 Å². The summed E-state index contributed by atoms with van der Waals surface area (Å²) < 4.78 is 0. The fourth-order valence-electron chi connectivity index (χ4n) is 3.18. The van der Waals surface area contributed by atoms with Gasteiger partial charge in [-0.2, -0.15) is 11.8 Å². The lowest BCUT2D eigenvalue weighted by atomic mass is 10.0. The van der Waals surface area contributed by atoms with E-state index in [-0.39, 0.29) is 6.04 Å². The molecule has 19 heavy (non-hydrogen) atoms. The molecule has 0 radical (unpaired) electrons. The van der Waals surface area contributed by atoms with Crippen LogP contribution in [0.15, 0.2) is 0 Å². The van der Waals surface area contributed by atoms with E-state index in [1.165, 1.54) is 24.3 Å². The van der Waals surface area contributed by atoms with Crippen LogP contribution in [0, 0.1) is 5.92 Å². The van der Waals surface area contributed by atoms with Crippen molar-refractivity contribution in [2.75, 3.05) is 18.1 Å². The van der Waals surface area contributed by atoms with Crippen LogP contribution >= 0.6 is 11.8 Å². The van der Waals surface area contributed by atoms with Gasteiger partial charge in [-0.25, -0.2) is 0 Å². The number of nitrogens with one attached hydrogen (secondary N) is 1. The quantitative estimate of drug-likeness (QED) is 0.814. The number of amides is 1. The molecule has 3 nitrogen and oxygen atoms in total. The van der Waals surface area contributed by atoms with Crippen molar-refractivity contribution in [1.29, 1.82) is 0 Å². The van der Waals surface area contributed by atoms with E-state index in [0.29, 0.717) is 12.1 Å². The van der Waals surface area contributed by atoms with Crippen molar-refractivity contribution < 1.29 is 4.79 Å². The predicted octanol–water partition coefficient (Wildman–Crippen LogP) is 2.86. The van der Waals surface area contributed by atoms with Gasteiger partial charge >= 0.3 is 0 Å². The van der Waals surface area contributed by atoms with Crippen LogP contribution in [-0.2, 0) is 4.79 Å². The van der Waals surface area contributed by atoms with E-state index in [2.05, 4.69) is 35.8 Å². The van der Waals surface area contributed by atoms with Gasteiger partial charge in [-0.15, -0.1) is 0 Å². The zero-order chi connectivity index (χ0) is 13.7. The van der Waals surface area contributed by atoms with Gasteiger partial charge in [-0.1, -0.05) is 26.7 Å². The van der Waals surface area contributed by atoms with Crippen molar-refractivity contribution in [2.24, 2.45) is 5.92 Å². The molecular weight excluding hydrogens is 256 g/mol. The summed E-state index contributed by atoms with van der Waals surface area (Å²) in [5, 5.41) is 3.55. The van der Waals surface area contributed by atoms with Crippen LogP contribution in [0.1, 0.15) is 52.4 Å². The van der Waals surface area contributed by atoms with Crippen LogP contribution in [0.5, 0.6) is 0 Å². The Kier molecular flexibility index (Phi) is 6.02. The van der Waals surface area contributed by atoms with Gasteiger partial charge in [-0.05, 0) is 43.1 Å². The van der Waals surface area contributed by atoms with Gasteiger partial charge < -0.3 is 4.90 Å². The molecular formula is C15H28N2OS. The van der Waals surface area contributed by atoms with Crippen molar-refractivity contribution in [3.05, 3.63) is 0 Å². The minimum atomic E-state index is 0.0829. The molecule has 110 valence electrons. The number of carbonyl (C=O) groups excluding carboxylic acids is 1. The molecule has 0 saturated carbocycles. The summed E-state index contributed by atoms with van der Waals surface area (Å²) in [7, 11) is 0. The van der Waals surface area contributed by atoms with Gasteiger partial charge in [0.1, 0.15) is 0 Å². The average Bonchev–Trinajstić information content (AvgIpc) is 2.70. The minimum absolute atomic E-state index is 0.0829. The first-order valence-electron chi connectivity index (χ1n) is 7.90. The zero-order valence-corrected chi connectivity index (χ0v) is 13.2. The molecule has 2 atom stereocenters. The highest BCUT2D eigenvalue weighted by atomic mass is 32.2. The van der Waals surface area contributed by atoms with Crippen molar-refractivity contribution in [2.45, 2.75) is 64.6 Å². The maximum Gasteiger partial charge on any atom is 0.241 e. The van der Waals surface area contributed by atoms with E-state index in [1.54, 1.807) is 0 Å². The largest absolute Gasteiger partial charge is 0.326 e. The summed E-state index contributed by atoms with van der Waals surface area (Å²) in [6, 6.07) is 0.0829. The maximum atomic E-state index is 12.5. The molecule has 1 N–H and O–H groups in total. The van der Waals surface area contributed by atoms with Crippen molar-refractivity contribution in [1.82, 2.24) is 10.2 Å². The zero-order valence-electron chi connectivity index (χ0n) is 12.4. The topological polar surface area (TPSA) is 32.3 Å². The summed E-state index contributed by atoms with van der Waals surface area (Å²) in [4.78, 5) is 14.7. The number of hydrogen-bond acceptors (Lipinski definition) is 3. The highest BCUT2D eigenvalue weighted by Crippen LogP contribution is 2.26. The first-order valence-corrected chi connectivity index (χ1v) is 9.06. The van der Waals surface area contributed by atoms with Gasteiger partial charge in [0.2, 0.25) is 5.91 Å². The highest BCUT2D eigenvalue weighted by Gasteiger charge is 2.38. The third-order valence-corrected chi connectivity index (χ3v) is 5.33. The summed E-state index contributed by atoms with van der Waals surface area (Å²) in [5.41, 5.74) is 0. The Balaban J connectivity index is 1.95. The van der Waals surface area contributed by atoms with Crippen molar-refractivity contribution >= 4 is 17.7 Å². The molecule has 2 aliphatic rings. The lowest BCUT2D eigenvalue weighted by Gasteiger charge is -2.30. The van der Waals surface area contributed by atoms with Crippen LogP contribution in [0.4, 0.5) is 0 Å². The molecule has 2 rings (SSSR count). The molecule has 2 saturated heterocycles. The molecule has 0 aromatic carbocycles. The predicted molar refractivity (Wildman–Crippen MR) is 82.3 cm³/mol. The lowest BCUT2D eigenvalue weighted by molar-refractivity contribution is -0.130. The van der Waals surface area contributed by atoms with Crippen molar-refractivity contribution in [3.63, 3.8) is 0 Å². The number of carbonyl (C=O) groups is 1. The molecule has 2 unspecified atom stereocenters. The third kappa shape index (κ3) is 3.88. The molecule has 0 aromatic rings. The first-order chi connectivity index (χ1) is 9.26. The second-order valence-electron chi connectivity index (χ2n) is 5.86. The summed E-state index contributed by atoms with van der Waals surface area (Å²) in [6.07, 6.45) is 7.15. The van der Waals surface area contributed by atoms with Gasteiger partial charge in [0.15, 0.2) is 0 Å². The molecule has 0 bridgehead atoms. The number of thioether (sulfide) groups is 1. The van der Waals surface area contributed by atoms with Crippen LogP contribution < -0.4 is 5.32 Å². The average molecular weight is 284 g/mol. The summed E-state index contributed by atoms with van der Waals surface area (Å²) in [6.45, 7) is 5.34. The Bertz CT molecular complexity index is 292.